The lowest BCUT2D eigenvalue weighted by molar-refractivity contribution is 0.138. The largest absolute Gasteiger partial charge is 0.381 e. The lowest BCUT2D eigenvalue weighted by Crippen LogP contribution is -2.09. The van der Waals surface area contributed by atoms with Crippen LogP contribution in [0, 0.1) is 0 Å². The summed E-state index contributed by atoms with van der Waals surface area (Å²) in [6.07, 6.45) is 0.214. The van der Waals surface area contributed by atoms with Crippen LogP contribution in [0.15, 0.2) is 0 Å². The first kappa shape index (κ1) is 12.0. The number of nitrogen functional groups attached to an aromatic ring is 2. The molecule has 15 heavy (non-hydrogen) atoms. The average Bonchev–Trinajstić information content (AvgIpc) is 2.16. The van der Waals surface area contributed by atoms with Crippen LogP contribution in [-0.2, 0) is 10.5 Å². The van der Waals surface area contributed by atoms with Crippen LogP contribution in [0.3, 0.4) is 0 Å². The Hall–Kier alpha value is -1.08. The van der Waals surface area contributed by atoms with Gasteiger partial charge in [-0.05, 0) is 6.92 Å². The van der Waals surface area contributed by atoms with E-state index in [9.17, 15) is 0 Å². The molecule has 0 radical (unpaired) electrons. The first-order chi connectivity index (χ1) is 7.11. The molecule has 0 bridgehead atoms. The van der Waals surface area contributed by atoms with Gasteiger partial charge in [0.1, 0.15) is 5.82 Å². The first-order valence-corrected chi connectivity index (χ1v) is 5.63. The van der Waals surface area contributed by atoms with Gasteiger partial charge < -0.3 is 16.2 Å². The van der Waals surface area contributed by atoms with E-state index in [4.69, 9.17) is 16.2 Å². The highest BCUT2D eigenvalue weighted by atomic mass is 32.2. The minimum absolute atomic E-state index is 0.165. The Morgan fingerprint density at radius 1 is 1.27 bits per heavy atom. The van der Waals surface area contributed by atoms with Gasteiger partial charge in [0.25, 0.3) is 0 Å². The molecule has 1 rings (SSSR count). The standard InChI is InChI=1S/C8H15N5OS/c1-5(14-2)3-15-4-6-11-7(9)13-8(10)12-6/h5H,3-4H2,1-2H3,(H4,9,10,11,12,13). The number of thioether (sulfide) groups is 1. The van der Waals surface area contributed by atoms with Gasteiger partial charge in [0.05, 0.1) is 11.9 Å². The van der Waals surface area contributed by atoms with Crippen molar-refractivity contribution < 1.29 is 4.74 Å². The van der Waals surface area contributed by atoms with Crippen LogP contribution >= 0.6 is 11.8 Å². The third-order valence-corrected chi connectivity index (χ3v) is 2.87. The van der Waals surface area contributed by atoms with Gasteiger partial charge in [0.2, 0.25) is 11.9 Å². The highest BCUT2D eigenvalue weighted by Gasteiger charge is 2.04. The molecule has 0 saturated heterocycles. The van der Waals surface area contributed by atoms with Crippen LogP contribution in [0.2, 0.25) is 0 Å². The second-order valence-corrected chi connectivity index (χ2v) is 4.06. The van der Waals surface area contributed by atoms with Crippen molar-refractivity contribution in [3.8, 4) is 0 Å². The number of hydrogen-bond donors (Lipinski definition) is 2. The summed E-state index contributed by atoms with van der Waals surface area (Å²) in [6, 6.07) is 0. The van der Waals surface area contributed by atoms with Crippen molar-refractivity contribution in [2.45, 2.75) is 18.8 Å². The van der Waals surface area contributed by atoms with Gasteiger partial charge in [0, 0.05) is 12.9 Å². The molecule has 1 aromatic heterocycles. The van der Waals surface area contributed by atoms with E-state index >= 15 is 0 Å². The molecule has 1 unspecified atom stereocenters. The van der Waals surface area contributed by atoms with Gasteiger partial charge in [-0.1, -0.05) is 0 Å². The molecule has 84 valence electrons. The first-order valence-electron chi connectivity index (χ1n) is 4.48. The molecule has 6 nitrogen and oxygen atoms in total. The molecule has 1 atom stereocenters. The minimum Gasteiger partial charge on any atom is -0.381 e. The predicted octanol–water partition coefficient (Wildman–Crippen LogP) is 0.304. The molecule has 1 heterocycles. The zero-order valence-corrected chi connectivity index (χ0v) is 9.62. The van der Waals surface area contributed by atoms with Gasteiger partial charge in [-0.2, -0.15) is 26.7 Å². The average molecular weight is 229 g/mol. The zero-order chi connectivity index (χ0) is 11.3. The number of rotatable bonds is 5. The highest BCUT2D eigenvalue weighted by molar-refractivity contribution is 7.98. The molecule has 7 heteroatoms. The van der Waals surface area contributed by atoms with Crippen LogP contribution < -0.4 is 11.5 Å². The van der Waals surface area contributed by atoms with E-state index in [0.717, 1.165) is 5.75 Å². The summed E-state index contributed by atoms with van der Waals surface area (Å²) in [6.45, 7) is 2.00. The molecule has 0 spiro atoms. The summed E-state index contributed by atoms with van der Waals surface area (Å²) in [5.74, 6) is 2.47. The number of nitrogens with zero attached hydrogens (tertiary/aromatic N) is 3. The molecular weight excluding hydrogens is 214 g/mol. The van der Waals surface area contributed by atoms with Crippen molar-refractivity contribution in [2.75, 3.05) is 24.3 Å². The van der Waals surface area contributed by atoms with Crippen molar-refractivity contribution in [1.29, 1.82) is 0 Å². The Labute approximate surface area is 92.8 Å². The quantitative estimate of drug-likeness (QED) is 0.749. The zero-order valence-electron chi connectivity index (χ0n) is 8.80. The molecule has 1 aromatic rings. The number of hydrogen-bond acceptors (Lipinski definition) is 7. The summed E-state index contributed by atoms with van der Waals surface area (Å²) in [7, 11) is 1.68. The van der Waals surface area contributed by atoms with Crippen molar-refractivity contribution in [3.63, 3.8) is 0 Å². The molecule has 0 fully saturated rings. The normalized spacial score (nSPS) is 12.7. The topological polar surface area (TPSA) is 99.9 Å². The summed E-state index contributed by atoms with van der Waals surface area (Å²) in [4.78, 5) is 11.6. The Balaban J connectivity index is 2.43. The lowest BCUT2D eigenvalue weighted by atomic mass is 10.5. The fourth-order valence-corrected chi connectivity index (χ4v) is 1.80. The smallest absolute Gasteiger partial charge is 0.225 e. The van der Waals surface area contributed by atoms with Crippen LogP contribution in [0.5, 0.6) is 0 Å². The fourth-order valence-electron chi connectivity index (χ4n) is 0.906. The third-order valence-electron chi connectivity index (χ3n) is 1.70. The summed E-state index contributed by atoms with van der Waals surface area (Å²) < 4.78 is 5.11. The maximum absolute atomic E-state index is 5.44. The van der Waals surface area contributed by atoms with E-state index in [1.165, 1.54) is 0 Å². The van der Waals surface area contributed by atoms with Crippen molar-refractivity contribution in [3.05, 3.63) is 5.82 Å². The summed E-state index contributed by atoms with van der Waals surface area (Å²) in [5, 5.41) is 0. The number of nitrogens with two attached hydrogens (primary N) is 2. The van der Waals surface area contributed by atoms with E-state index in [-0.39, 0.29) is 18.0 Å². The van der Waals surface area contributed by atoms with Gasteiger partial charge in [-0.3, -0.25) is 0 Å². The van der Waals surface area contributed by atoms with Crippen molar-refractivity contribution >= 4 is 23.7 Å². The Kier molecular flexibility index (Phi) is 4.57. The number of methoxy groups -OCH3 is 1. The molecule has 0 amide bonds. The molecular formula is C8H15N5OS. The predicted molar refractivity (Wildman–Crippen MR) is 61.3 cm³/mol. The molecule has 0 saturated carbocycles. The van der Waals surface area contributed by atoms with Gasteiger partial charge in [-0.15, -0.1) is 0 Å². The second kappa shape index (κ2) is 5.72. The second-order valence-electron chi connectivity index (χ2n) is 3.03. The SMILES string of the molecule is COC(C)CSCc1nc(N)nc(N)n1. The Morgan fingerprint density at radius 2 is 1.87 bits per heavy atom. The third kappa shape index (κ3) is 4.30. The van der Waals surface area contributed by atoms with E-state index in [2.05, 4.69) is 15.0 Å². The van der Waals surface area contributed by atoms with Gasteiger partial charge in [0.15, 0.2) is 0 Å². The Morgan fingerprint density at radius 3 is 2.40 bits per heavy atom. The van der Waals surface area contributed by atoms with Crippen LogP contribution in [-0.4, -0.2) is 33.9 Å². The monoisotopic (exact) mass is 229 g/mol. The van der Waals surface area contributed by atoms with Crippen LogP contribution in [0.1, 0.15) is 12.7 Å². The highest BCUT2D eigenvalue weighted by Crippen LogP contribution is 2.11. The number of anilines is 2. The number of ether oxygens (including phenoxy) is 1. The summed E-state index contributed by atoms with van der Waals surface area (Å²) in [5.41, 5.74) is 10.9. The summed E-state index contributed by atoms with van der Waals surface area (Å²) >= 11 is 1.67. The number of aromatic nitrogens is 3. The van der Waals surface area contributed by atoms with Gasteiger partial charge >= 0.3 is 0 Å². The maximum atomic E-state index is 5.44. The minimum atomic E-state index is 0.165. The lowest BCUT2D eigenvalue weighted by Gasteiger charge is -2.07. The molecule has 0 aliphatic rings. The van der Waals surface area contributed by atoms with Crippen LogP contribution in [0.25, 0.3) is 0 Å². The van der Waals surface area contributed by atoms with Crippen LogP contribution in [0.4, 0.5) is 11.9 Å². The molecule has 0 aliphatic carbocycles. The molecule has 0 aromatic carbocycles. The van der Waals surface area contributed by atoms with E-state index in [1.54, 1.807) is 18.9 Å². The van der Waals surface area contributed by atoms with Crippen molar-refractivity contribution in [2.24, 2.45) is 0 Å². The maximum Gasteiger partial charge on any atom is 0.225 e. The van der Waals surface area contributed by atoms with E-state index in [1.807, 2.05) is 6.92 Å². The van der Waals surface area contributed by atoms with E-state index in [0.29, 0.717) is 11.6 Å². The molecule has 0 aliphatic heterocycles. The Bertz CT molecular complexity index is 302. The fraction of sp³-hybridized carbons (Fsp3) is 0.625. The van der Waals surface area contributed by atoms with E-state index < -0.39 is 0 Å². The van der Waals surface area contributed by atoms with Gasteiger partial charge in [-0.25, -0.2) is 0 Å². The van der Waals surface area contributed by atoms with Crippen molar-refractivity contribution in [1.82, 2.24) is 15.0 Å². The molecule has 4 N–H and O–H groups in total.